The lowest BCUT2D eigenvalue weighted by Crippen LogP contribution is -2.30. The summed E-state index contributed by atoms with van der Waals surface area (Å²) in [5.74, 6) is -0.0124. The van der Waals surface area contributed by atoms with Crippen LogP contribution in [0.3, 0.4) is 0 Å². The molecule has 1 atom stereocenters. The fourth-order valence-electron chi connectivity index (χ4n) is 7.69. The second-order valence-corrected chi connectivity index (χ2v) is 17.9. The van der Waals surface area contributed by atoms with Crippen molar-refractivity contribution in [3.63, 3.8) is 0 Å². The molecule has 0 aliphatic heterocycles. The van der Waals surface area contributed by atoms with Crippen molar-refractivity contribution in [2.45, 2.75) is 291 Å². The summed E-state index contributed by atoms with van der Waals surface area (Å²) < 4.78 is 16.7. The maximum absolute atomic E-state index is 12.7. The highest BCUT2D eigenvalue weighted by Gasteiger charge is 2.19. The normalized spacial score (nSPS) is 11.9. The Morgan fingerprint density at radius 3 is 0.860 bits per heavy atom. The van der Waals surface area contributed by atoms with Gasteiger partial charge in [-0.3, -0.25) is 14.4 Å². The Labute approximate surface area is 355 Å². The van der Waals surface area contributed by atoms with E-state index < -0.39 is 6.10 Å². The standard InChI is InChI=1S/C51H98O6/c1-5-7-9-11-13-14-15-16-17-18-21-25-28-32-36-40-44-51(54)57-48(45-55-49(52)42-38-34-29-12-10-8-6-2)46-56-50(53)43-39-35-31-27-24-22-19-20-23-26-30-33-37-41-47(3)4/h47-48H,5-46H2,1-4H3/t48-/m0/s1. The predicted octanol–water partition coefficient (Wildman–Crippen LogP) is 16.3. The minimum atomic E-state index is -0.759. The van der Waals surface area contributed by atoms with Crippen LogP contribution in [0, 0.1) is 5.92 Å². The maximum atomic E-state index is 12.7. The largest absolute Gasteiger partial charge is 0.462 e. The molecule has 0 heterocycles. The van der Waals surface area contributed by atoms with Crippen LogP contribution in [-0.2, 0) is 28.6 Å². The number of hydrogen-bond acceptors (Lipinski definition) is 6. The molecule has 0 unspecified atom stereocenters. The second kappa shape index (κ2) is 45.5. The molecule has 0 rings (SSSR count). The number of unbranched alkanes of at least 4 members (excludes halogenated alkanes) is 33. The predicted molar refractivity (Wildman–Crippen MR) is 243 cm³/mol. The molecule has 0 radical (unpaired) electrons. The van der Waals surface area contributed by atoms with Gasteiger partial charge < -0.3 is 14.2 Å². The molecule has 0 saturated carbocycles. The molecule has 0 aromatic carbocycles. The van der Waals surface area contributed by atoms with Gasteiger partial charge >= 0.3 is 17.9 Å². The Morgan fingerprint density at radius 1 is 0.333 bits per heavy atom. The van der Waals surface area contributed by atoms with Gasteiger partial charge in [-0.05, 0) is 25.2 Å². The zero-order valence-corrected chi connectivity index (χ0v) is 38.8. The Bertz CT molecular complexity index is 857. The van der Waals surface area contributed by atoms with E-state index in [4.69, 9.17) is 14.2 Å². The lowest BCUT2D eigenvalue weighted by molar-refractivity contribution is -0.167. The van der Waals surface area contributed by atoms with E-state index in [1.165, 1.54) is 180 Å². The Morgan fingerprint density at radius 2 is 0.579 bits per heavy atom. The topological polar surface area (TPSA) is 78.9 Å². The summed E-state index contributed by atoms with van der Waals surface area (Å²) in [6, 6.07) is 0. The number of esters is 3. The molecule has 0 aliphatic carbocycles. The highest BCUT2D eigenvalue weighted by Crippen LogP contribution is 2.17. The van der Waals surface area contributed by atoms with Crippen LogP contribution in [0.25, 0.3) is 0 Å². The van der Waals surface area contributed by atoms with Gasteiger partial charge in [-0.25, -0.2) is 0 Å². The average Bonchev–Trinajstić information content (AvgIpc) is 3.19. The number of rotatable bonds is 46. The van der Waals surface area contributed by atoms with Crippen molar-refractivity contribution in [3.05, 3.63) is 0 Å². The summed E-state index contributed by atoms with van der Waals surface area (Å²) in [6.07, 6.45) is 46.7. The summed E-state index contributed by atoms with van der Waals surface area (Å²) in [5, 5.41) is 0. The quantitative estimate of drug-likeness (QED) is 0.0346. The van der Waals surface area contributed by atoms with E-state index in [2.05, 4.69) is 27.7 Å². The van der Waals surface area contributed by atoms with Gasteiger partial charge in [0.15, 0.2) is 6.10 Å². The SMILES string of the molecule is CCCCCCCCCCCCCCCCCCC(=O)O[C@@H](COC(=O)CCCCCCCCC)COC(=O)CCCCCCCCCCCCCCCC(C)C. The molecule has 57 heavy (non-hydrogen) atoms. The number of ether oxygens (including phenoxy) is 3. The van der Waals surface area contributed by atoms with Gasteiger partial charge in [0.1, 0.15) is 13.2 Å². The third kappa shape index (κ3) is 45.3. The van der Waals surface area contributed by atoms with Gasteiger partial charge in [0.2, 0.25) is 0 Å². The van der Waals surface area contributed by atoms with Crippen LogP contribution in [0.4, 0.5) is 0 Å². The second-order valence-electron chi connectivity index (χ2n) is 17.9. The monoisotopic (exact) mass is 807 g/mol. The van der Waals surface area contributed by atoms with Crippen LogP contribution in [0.15, 0.2) is 0 Å². The molecule has 338 valence electrons. The van der Waals surface area contributed by atoms with Gasteiger partial charge in [-0.15, -0.1) is 0 Å². The van der Waals surface area contributed by atoms with Crippen molar-refractivity contribution in [1.29, 1.82) is 0 Å². The van der Waals surface area contributed by atoms with E-state index in [0.29, 0.717) is 19.3 Å². The van der Waals surface area contributed by atoms with Crippen LogP contribution < -0.4 is 0 Å². The minimum absolute atomic E-state index is 0.0633. The Balaban J connectivity index is 4.20. The lowest BCUT2D eigenvalue weighted by atomic mass is 10.0. The maximum Gasteiger partial charge on any atom is 0.306 e. The van der Waals surface area contributed by atoms with Crippen LogP contribution in [0.2, 0.25) is 0 Å². The van der Waals surface area contributed by atoms with E-state index in [9.17, 15) is 14.4 Å². The molecule has 0 bridgehead atoms. The Kier molecular flexibility index (Phi) is 44.2. The minimum Gasteiger partial charge on any atom is -0.462 e. The van der Waals surface area contributed by atoms with Crippen molar-refractivity contribution >= 4 is 17.9 Å². The molecule has 0 amide bonds. The molecule has 6 heteroatoms. The molecule has 0 saturated heterocycles. The van der Waals surface area contributed by atoms with Gasteiger partial charge in [0.05, 0.1) is 0 Å². The zero-order valence-electron chi connectivity index (χ0n) is 38.8. The van der Waals surface area contributed by atoms with Gasteiger partial charge in [0.25, 0.3) is 0 Å². The lowest BCUT2D eigenvalue weighted by Gasteiger charge is -2.18. The zero-order chi connectivity index (χ0) is 41.7. The Hall–Kier alpha value is -1.59. The van der Waals surface area contributed by atoms with Crippen molar-refractivity contribution in [2.24, 2.45) is 5.92 Å². The van der Waals surface area contributed by atoms with Crippen molar-refractivity contribution in [3.8, 4) is 0 Å². The molecule has 0 fully saturated rings. The van der Waals surface area contributed by atoms with Crippen molar-refractivity contribution < 1.29 is 28.6 Å². The molecule has 0 spiro atoms. The van der Waals surface area contributed by atoms with E-state index in [1.807, 2.05) is 0 Å². The molecule has 0 aliphatic rings. The van der Waals surface area contributed by atoms with E-state index in [0.717, 1.165) is 63.7 Å². The first kappa shape index (κ1) is 55.4. The number of hydrogen-bond donors (Lipinski definition) is 0. The summed E-state index contributed by atoms with van der Waals surface area (Å²) in [5.41, 5.74) is 0. The number of carbonyl (C=O) groups excluding carboxylic acids is 3. The fourth-order valence-corrected chi connectivity index (χ4v) is 7.69. The fraction of sp³-hybridized carbons (Fsp3) is 0.941. The van der Waals surface area contributed by atoms with E-state index in [-0.39, 0.29) is 31.1 Å². The first-order valence-electron chi connectivity index (χ1n) is 25.4. The first-order valence-corrected chi connectivity index (χ1v) is 25.4. The molecular formula is C51H98O6. The molecular weight excluding hydrogens is 709 g/mol. The van der Waals surface area contributed by atoms with Crippen LogP contribution in [-0.4, -0.2) is 37.2 Å². The third-order valence-electron chi connectivity index (χ3n) is 11.5. The summed E-state index contributed by atoms with van der Waals surface area (Å²) in [6.45, 7) is 8.99. The van der Waals surface area contributed by atoms with Crippen LogP contribution in [0.5, 0.6) is 0 Å². The highest BCUT2D eigenvalue weighted by molar-refractivity contribution is 5.71. The molecule has 0 N–H and O–H groups in total. The van der Waals surface area contributed by atoms with Crippen LogP contribution in [0.1, 0.15) is 285 Å². The molecule has 0 aromatic rings. The van der Waals surface area contributed by atoms with Gasteiger partial charge in [-0.1, -0.05) is 246 Å². The summed E-state index contributed by atoms with van der Waals surface area (Å²) >= 11 is 0. The van der Waals surface area contributed by atoms with Crippen molar-refractivity contribution in [1.82, 2.24) is 0 Å². The average molecular weight is 807 g/mol. The summed E-state index contributed by atoms with van der Waals surface area (Å²) in [4.78, 5) is 37.7. The van der Waals surface area contributed by atoms with Gasteiger partial charge in [0, 0.05) is 19.3 Å². The molecule has 0 aromatic heterocycles. The van der Waals surface area contributed by atoms with E-state index >= 15 is 0 Å². The van der Waals surface area contributed by atoms with Crippen molar-refractivity contribution in [2.75, 3.05) is 13.2 Å². The third-order valence-corrected chi connectivity index (χ3v) is 11.5. The number of carbonyl (C=O) groups is 3. The summed E-state index contributed by atoms with van der Waals surface area (Å²) in [7, 11) is 0. The van der Waals surface area contributed by atoms with E-state index in [1.54, 1.807) is 0 Å². The molecule has 6 nitrogen and oxygen atoms in total. The highest BCUT2D eigenvalue weighted by atomic mass is 16.6. The van der Waals surface area contributed by atoms with Crippen LogP contribution >= 0.6 is 0 Å². The van der Waals surface area contributed by atoms with Gasteiger partial charge in [-0.2, -0.15) is 0 Å². The smallest absolute Gasteiger partial charge is 0.306 e. The first-order chi connectivity index (χ1) is 27.9.